The van der Waals surface area contributed by atoms with Crippen LogP contribution in [0.4, 0.5) is 0 Å². The number of hydrogen-bond acceptors (Lipinski definition) is 2. The van der Waals surface area contributed by atoms with Crippen molar-refractivity contribution in [3.63, 3.8) is 0 Å². The predicted octanol–water partition coefficient (Wildman–Crippen LogP) is 2.80. The van der Waals surface area contributed by atoms with E-state index in [9.17, 15) is 4.79 Å². The summed E-state index contributed by atoms with van der Waals surface area (Å²) in [6, 6.07) is 9.86. The molecule has 1 aliphatic rings. The molecule has 0 bridgehead atoms. The lowest BCUT2D eigenvalue weighted by molar-refractivity contribution is -0.147. The average Bonchev–Trinajstić information content (AvgIpc) is 2.57. The van der Waals surface area contributed by atoms with Crippen LogP contribution in [0, 0.1) is 0 Å². The highest BCUT2D eigenvalue weighted by Crippen LogP contribution is 2.37. The van der Waals surface area contributed by atoms with Crippen LogP contribution in [-0.2, 0) is 15.1 Å². The molecule has 0 spiro atoms. The molecule has 0 aromatic heterocycles. The van der Waals surface area contributed by atoms with Gasteiger partial charge in [-0.3, -0.25) is 0 Å². The highest BCUT2D eigenvalue weighted by Gasteiger charge is 2.38. The van der Waals surface area contributed by atoms with Crippen molar-refractivity contribution in [2.24, 2.45) is 0 Å². The van der Waals surface area contributed by atoms with Crippen molar-refractivity contribution in [1.82, 2.24) is 0 Å². The second-order valence-corrected chi connectivity index (χ2v) is 3.83. The first kappa shape index (κ1) is 9.97. The topological polar surface area (TPSA) is 26.3 Å². The summed E-state index contributed by atoms with van der Waals surface area (Å²) in [6.45, 7) is 3.82. The minimum atomic E-state index is -0.539. The molecule has 1 aromatic carbocycles. The second kappa shape index (κ2) is 3.54. The Labute approximate surface area is 89.6 Å². The van der Waals surface area contributed by atoms with Crippen molar-refractivity contribution >= 4 is 5.97 Å². The van der Waals surface area contributed by atoms with Gasteiger partial charge in [-0.05, 0) is 25.0 Å². The van der Waals surface area contributed by atoms with Gasteiger partial charge in [-0.25, -0.2) is 4.79 Å². The van der Waals surface area contributed by atoms with Gasteiger partial charge < -0.3 is 4.74 Å². The molecule has 1 heterocycles. The van der Waals surface area contributed by atoms with Crippen LogP contribution in [0.2, 0.25) is 0 Å². The van der Waals surface area contributed by atoms with Crippen LogP contribution in [0.25, 0.3) is 0 Å². The second-order valence-electron chi connectivity index (χ2n) is 3.83. The molecule has 2 heteroatoms. The lowest BCUT2D eigenvalue weighted by atomic mass is 9.91. The van der Waals surface area contributed by atoms with E-state index < -0.39 is 5.60 Å². The number of benzene rings is 1. The zero-order chi connectivity index (χ0) is 10.9. The predicted molar refractivity (Wildman–Crippen MR) is 58.3 cm³/mol. The number of ether oxygens (including phenoxy) is 1. The lowest BCUT2D eigenvalue weighted by Crippen LogP contribution is -2.24. The Hall–Kier alpha value is -1.57. The molecule has 0 amide bonds. The van der Waals surface area contributed by atoms with Crippen molar-refractivity contribution in [1.29, 1.82) is 0 Å². The van der Waals surface area contributed by atoms with Crippen molar-refractivity contribution < 1.29 is 9.53 Å². The lowest BCUT2D eigenvalue weighted by Gasteiger charge is -2.25. The number of esters is 1. The van der Waals surface area contributed by atoms with E-state index in [1.165, 1.54) is 0 Å². The third kappa shape index (κ3) is 1.56. The van der Waals surface area contributed by atoms with Crippen molar-refractivity contribution in [2.75, 3.05) is 0 Å². The first-order chi connectivity index (χ1) is 7.18. The SMILES string of the molecule is CCC1(c2ccccc2)C=C(C)C(=O)O1. The van der Waals surface area contributed by atoms with Gasteiger partial charge in [0.25, 0.3) is 0 Å². The molecule has 2 rings (SSSR count). The molecule has 0 saturated heterocycles. The summed E-state index contributed by atoms with van der Waals surface area (Å²) >= 11 is 0. The normalized spacial score (nSPS) is 24.9. The van der Waals surface area contributed by atoms with Gasteiger partial charge >= 0.3 is 5.97 Å². The maximum absolute atomic E-state index is 11.4. The summed E-state index contributed by atoms with van der Waals surface area (Å²) in [5.41, 5.74) is 1.20. The quantitative estimate of drug-likeness (QED) is 0.689. The van der Waals surface area contributed by atoms with Gasteiger partial charge in [-0.2, -0.15) is 0 Å². The Morgan fingerprint density at radius 3 is 2.40 bits per heavy atom. The first-order valence-corrected chi connectivity index (χ1v) is 5.16. The van der Waals surface area contributed by atoms with Crippen LogP contribution in [0.15, 0.2) is 42.0 Å². The molecule has 1 aliphatic heterocycles. The fraction of sp³-hybridized carbons (Fsp3) is 0.308. The molecule has 1 atom stereocenters. The van der Waals surface area contributed by atoms with E-state index in [2.05, 4.69) is 0 Å². The molecule has 0 saturated carbocycles. The standard InChI is InChI=1S/C13H14O2/c1-3-13(9-10(2)12(14)15-13)11-7-5-4-6-8-11/h4-9H,3H2,1-2H3. The summed E-state index contributed by atoms with van der Waals surface area (Å²) in [6.07, 6.45) is 2.69. The Balaban J connectivity index is 2.45. The fourth-order valence-corrected chi connectivity index (χ4v) is 1.92. The third-order valence-electron chi connectivity index (χ3n) is 2.83. The molecule has 0 radical (unpaired) electrons. The molecular weight excluding hydrogens is 188 g/mol. The Morgan fingerprint density at radius 2 is 1.93 bits per heavy atom. The number of hydrogen-bond donors (Lipinski definition) is 0. The summed E-state index contributed by atoms with van der Waals surface area (Å²) in [4.78, 5) is 11.4. The van der Waals surface area contributed by atoms with Gasteiger partial charge in [0, 0.05) is 5.57 Å². The van der Waals surface area contributed by atoms with Crippen LogP contribution in [0.5, 0.6) is 0 Å². The summed E-state index contributed by atoms with van der Waals surface area (Å²) in [5, 5.41) is 0. The van der Waals surface area contributed by atoms with Gasteiger partial charge in [0.05, 0.1) is 0 Å². The molecule has 15 heavy (non-hydrogen) atoms. The summed E-state index contributed by atoms with van der Waals surface area (Å²) in [7, 11) is 0. The minimum Gasteiger partial charge on any atom is -0.447 e. The van der Waals surface area contributed by atoms with E-state index >= 15 is 0 Å². The summed E-state index contributed by atoms with van der Waals surface area (Å²) < 4.78 is 5.46. The van der Waals surface area contributed by atoms with Gasteiger partial charge in [-0.15, -0.1) is 0 Å². The van der Waals surface area contributed by atoms with Crippen molar-refractivity contribution in [2.45, 2.75) is 25.9 Å². The van der Waals surface area contributed by atoms with Crippen LogP contribution in [-0.4, -0.2) is 5.97 Å². The fourth-order valence-electron chi connectivity index (χ4n) is 1.92. The van der Waals surface area contributed by atoms with E-state index in [1.807, 2.05) is 43.3 Å². The van der Waals surface area contributed by atoms with Gasteiger partial charge in [0.1, 0.15) is 0 Å². The molecule has 0 aliphatic carbocycles. The molecular formula is C13H14O2. The number of rotatable bonds is 2. The number of cyclic esters (lactones) is 1. The smallest absolute Gasteiger partial charge is 0.334 e. The van der Waals surface area contributed by atoms with E-state index in [-0.39, 0.29) is 5.97 Å². The zero-order valence-corrected chi connectivity index (χ0v) is 8.99. The Morgan fingerprint density at radius 1 is 1.27 bits per heavy atom. The molecule has 1 unspecified atom stereocenters. The molecule has 0 N–H and O–H groups in total. The van der Waals surface area contributed by atoms with Crippen molar-refractivity contribution in [3.8, 4) is 0 Å². The number of carbonyl (C=O) groups excluding carboxylic acids is 1. The third-order valence-corrected chi connectivity index (χ3v) is 2.83. The Bertz CT molecular complexity index is 406. The van der Waals surface area contributed by atoms with E-state index in [4.69, 9.17) is 4.74 Å². The van der Waals surface area contributed by atoms with E-state index in [0.717, 1.165) is 12.0 Å². The highest BCUT2D eigenvalue weighted by atomic mass is 16.6. The molecule has 78 valence electrons. The van der Waals surface area contributed by atoms with E-state index in [1.54, 1.807) is 6.92 Å². The van der Waals surface area contributed by atoms with Gasteiger partial charge in [0.15, 0.2) is 5.60 Å². The highest BCUT2D eigenvalue weighted by molar-refractivity contribution is 5.91. The monoisotopic (exact) mass is 202 g/mol. The van der Waals surface area contributed by atoms with Gasteiger partial charge in [0.2, 0.25) is 0 Å². The van der Waals surface area contributed by atoms with Crippen LogP contribution < -0.4 is 0 Å². The molecule has 1 aromatic rings. The summed E-state index contributed by atoms with van der Waals surface area (Å²) in [5.74, 6) is -0.208. The van der Waals surface area contributed by atoms with Crippen LogP contribution in [0.3, 0.4) is 0 Å². The largest absolute Gasteiger partial charge is 0.447 e. The number of carbonyl (C=O) groups is 1. The average molecular weight is 202 g/mol. The van der Waals surface area contributed by atoms with Gasteiger partial charge in [-0.1, -0.05) is 37.3 Å². The van der Waals surface area contributed by atoms with Crippen LogP contribution >= 0.6 is 0 Å². The van der Waals surface area contributed by atoms with E-state index in [0.29, 0.717) is 5.57 Å². The minimum absolute atomic E-state index is 0.208. The van der Waals surface area contributed by atoms with Crippen LogP contribution in [0.1, 0.15) is 25.8 Å². The maximum Gasteiger partial charge on any atom is 0.334 e. The first-order valence-electron chi connectivity index (χ1n) is 5.16. The zero-order valence-electron chi connectivity index (χ0n) is 8.99. The Kier molecular flexibility index (Phi) is 2.35. The van der Waals surface area contributed by atoms with Crippen molar-refractivity contribution in [3.05, 3.63) is 47.5 Å². The maximum atomic E-state index is 11.4. The molecule has 2 nitrogen and oxygen atoms in total. The molecule has 0 fully saturated rings.